The van der Waals surface area contributed by atoms with E-state index in [1.165, 1.54) is 5.56 Å². The van der Waals surface area contributed by atoms with Gasteiger partial charge in [0.15, 0.2) is 0 Å². The molecule has 0 aliphatic carbocycles. The van der Waals surface area contributed by atoms with Crippen LogP contribution in [0, 0.1) is 0 Å². The first-order chi connectivity index (χ1) is 9.70. The van der Waals surface area contributed by atoms with Crippen molar-refractivity contribution in [2.24, 2.45) is 0 Å². The Kier molecular flexibility index (Phi) is 5.38. The van der Waals surface area contributed by atoms with Crippen LogP contribution in [-0.4, -0.2) is 18.3 Å². The van der Waals surface area contributed by atoms with E-state index in [4.69, 9.17) is 4.74 Å². The minimum Gasteiger partial charge on any atom is -0.383 e. The lowest BCUT2D eigenvalue weighted by molar-refractivity contribution is 0.186. The van der Waals surface area contributed by atoms with E-state index in [1.54, 1.807) is 23.8 Å². The number of benzene rings is 1. The van der Waals surface area contributed by atoms with Crippen molar-refractivity contribution in [1.82, 2.24) is 4.57 Å². The molecule has 0 radical (unpaired) electrons. The van der Waals surface area contributed by atoms with Crippen LogP contribution < -0.4 is 10.9 Å². The summed E-state index contributed by atoms with van der Waals surface area (Å²) in [4.78, 5) is 11.7. The van der Waals surface area contributed by atoms with Crippen LogP contribution in [0.5, 0.6) is 0 Å². The van der Waals surface area contributed by atoms with E-state index >= 15 is 0 Å². The SMILES string of the molecule is COCCn1cc(NCc2ccccc2Br)ccc1=O. The molecule has 4 nitrogen and oxygen atoms in total. The molecule has 0 saturated carbocycles. The number of aromatic nitrogens is 1. The number of anilines is 1. The Balaban J connectivity index is 2.06. The van der Waals surface area contributed by atoms with E-state index in [-0.39, 0.29) is 5.56 Å². The third-order valence-electron chi connectivity index (χ3n) is 2.96. The Labute approximate surface area is 126 Å². The lowest BCUT2D eigenvalue weighted by Crippen LogP contribution is -2.21. The highest BCUT2D eigenvalue weighted by Crippen LogP contribution is 2.17. The van der Waals surface area contributed by atoms with Crippen LogP contribution in [0.2, 0.25) is 0 Å². The number of hydrogen-bond acceptors (Lipinski definition) is 3. The number of pyridine rings is 1. The van der Waals surface area contributed by atoms with E-state index < -0.39 is 0 Å². The van der Waals surface area contributed by atoms with E-state index in [2.05, 4.69) is 27.3 Å². The maximum absolute atomic E-state index is 11.7. The molecule has 1 N–H and O–H groups in total. The summed E-state index contributed by atoms with van der Waals surface area (Å²) >= 11 is 3.52. The molecule has 5 heteroatoms. The summed E-state index contributed by atoms with van der Waals surface area (Å²) in [6.07, 6.45) is 1.82. The molecule has 0 spiro atoms. The molecular weight excluding hydrogens is 320 g/mol. The summed E-state index contributed by atoms with van der Waals surface area (Å²) in [7, 11) is 1.63. The third kappa shape index (κ3) is 3.95. The van der Waals surface area contributed by atoms with E-state index in [9.17, 15) is 4.79 Å². The van der Waals surface area contributed by atoms with E-state index in [0.29, 0.717) is 19.7 Å². The Morgan fingerprint density at radius 1 is 1.25 bits per heavy atom. The summed E-state index contributed by atoms with van der Waals surface area (Å²) in [5.74, 6) is 0. The summed E-state index contributed by atoms with van der Waals surface area (Å²) in [6.45, 7) is 1.78. The minimum absolute atomic E-state index is 0.0199. The largest absolute Gasteiger partial charge is 0.383 e. The highest BCUT2D eigenvalue weighted by molar-refractivity contribution is 9.10. The van der Waals surface area contributed by atoms with E-state index in [0.717, 1.165) is 10.2 Å². The highest BCUT2D eigenvalue weighted by Gasteiger charge is 2.01. The first-order valence-corrected chi connectivity index (χ1v) is 7.16. The van der Waals surface area contributed by atoms with Gasteiger partial charge >= 0.3 is 0 Å². The zero-order valence-electron chi connectivity index (χ0n) is 11.3. The Morgan fingerprint density at radius 2 is 2.05 bits per heavy atom. The van der Waals surface area contributed by atoms with Gasteiger partial charge in [-0.05, 0) is 17.7 Å². The van der Waals surface area contributed by atoms with Gasteiger partial charge < -0.3 is 14.6 Å². The van der Waals surface area contributed by atoms with Crippen molar-refractivity contribution >= 4 is 21.6 Å². The van der Waals surface area contributed by atoms with Crippen molar-refractivity contribution in [2.45, 2.75) is 13.1 Å². The van der Waals surface area contributed by atoms with Crippen LogP contribution in [0.3, 0.4) is 0 Å². The molecule has 0 aliphatic heterocycles. The van der Waals surface area contributed by atoms with Gasteiger partial charge in [-0.2, -0.15) is 0 Å². The summed E-state index contributed by atoms with van der Waals surface area (Å²) in [6, 6.07) is 11.4. The van der Waals surface area contributed by atoms with Crippen molar-refractivity contribution in [3.05, 3.63) is 63.0 Å². The molecular formula is C15H17BrN2O2. The van der Waals surface area contributed by atoms with Crippen LogP contribution in [0.15, 0.2) is 51.9 Å². The predicted molar refractivity (Wildman–Crippen MR) is 84.0 cm³/mol. The standard InChI is InChI=1S/C15H17BrN2O2/c1-20-9-8-18-11-13(6-7-15(18)19)17-10-12-4-2-3-5-14(12)16/h2-7,11,17H,8-10H2,1H3. The zero-order valence-corrected chi connectivity index (χ0v) is 12.9. The quantitative estimate of drug-likeness (QED) is 0.882. The lowest BCUT2D eigenvalue weighted by Gasteiger charge is -2.11. The fourth-order valence-corrected chi connectivity index (χ4v) is 2.26. The van der Waals surface area contributed by atoms with Gasteiger partial charge in [-0.1, -0.05) is 34.1 Å². The van der Waals surface area contributed by atoms with Crippen LogP contribution in [0.25, 0.3) is 0 Å². The van der Waals surface area contributed by atoms with Gasteiger partial charge in [0, 0.05) is 36.9 Å². The summed E-state index contributed by atoms with van der Waals surface area (Å²) in [5, 5.41) is 3.32. The number of halogens is 1. The third-order valence-corrected chi connectivity index (χ3v) is 3.73. The summed E-state index contributed by atoms with van der Waals surface area (Å²) < 4.78 is 7.71. The van der Waals surface area contributed by atoms with Crippen LogP contribution in [0.4, 0.5) is 5.69 Å². The number of rotatable bonds is 6. The zero-order chi connectivity index (χ0) is 14.4. The average Bonchev–Trinajstić information content (AvgIpc) is 2.46. The Hall–Kier alpha value is -1.59. The molecule has 2 rings (SSSR count). The highest BCUT2D eigenvalue weighted by atomic mass is 79.9. The number of nitrogens with one attached hydrogen (secondary N) is 1. The number of nitrogens with zero attached hydrogens (tertiary/aromatic N) is 1. The fourth-order valence-electron chi connectivity index (χ4n) is 1.84. The molecule has 0 fully saturated rings. The first kappa shape index (κ1) is 14.8. The van der Waals surface area contributed by atoms with Crippen LogP contribution in [0.1, 0.15) is 5.56 Å². The van der Waals surface area contributed by atoms with Crippen molar-refractivity contribution in [3.63, 3.8) is 0 Å². The number of hydrogen-bond donors (Lipinski definition) is 1. The molecule has 1 aromatic carbocycles. The minimum atomic E-state index is -0.0199. The molecule has 0 bridgehead atoms. The second-order valence-corrected chi connectivity index (χ2v) is 5.24. The molecule has 0 saturated heterocycles. The van der Waals surface area contributed by atoms with Crippen molar-refractivity contribution in [1.29, 1.82) is 0 Å². The topological polar surface area (TPSA) is 43.3 Å². The second kappa shape index (κ2) is 7.26. The van der Waals surface area contributed by atoms with Gasteiger partial charge in [0.25, 0.3) is 5.56 Å². The van der Waals surface area contributed by atoms with Gasteiger partial charge in [0.2, 0.25) is 0 Å². The first-order valence-electron chi connectivity index (χ1n) is 6.37. The fraction of sp³-hybridized carbons (Fsp3) is 0.267. The average molecular weight is 337 g/mol. The maximum atomic E-state index is 11.7. The van der Waals surface area contributed by atoms with E-state index in [1.807, 2.05) is 24.4 Å². The molecule has 1 heterocycles. The van der Waals surface area contributed by atoms with Crippen molar-refractivity contribution in [3.8, 4) is 0 Å². The molecule has 2 aromatic rings. The molecule has 0 atom stereocenters. The molecule has 0 amide bonds. The van der Waals surface area contributed by atoms with Gasteiger partial charge in [-0.25, -0.2) is 0 Å². The molecule has 0 aliphatic rings. The number of ether oxygens (including phenoxy) is 1. The molecule has 106 valence electrons. The van der Waals surface area contributed by atoms with Gasteiger partial charge in [-0.3, -0.25) is 4.79 Å². The Bertz CT molecular complexity index is 625. The van der Waals surface area contributed by atoms with Crippen LogP contribution >= 0.6 is 15.9 Å². The summed E-state index contributed by atoms with van der Waals surface area (Å²) in [5.41, 5.74) is 2.06. The molecule has 1 aromatic heterocycles. The predicted octanol–water partition coefficient (Wildman–Crippen LogP) is 2.87. The van der Waals surface area contributed by atoms with Crippen molar-refractivity contribution < 1.29 is 4.74 Å². The monoisotopic (exact) mass is 336 g/mol. The van der Waals surface area contributed by atoms with Gasteiger partial charge in [-0.15, -0.1) is 0 Å². The van der Waals surface area contributed by atoms with Crippen LogP contribution in [-0.2, 0) is 17.8 Å². The molecule has 20 heavy (non-hydrogen) atoms. The van der Waals surface area contributed by atoms with Gasteiger partial charge in [0.1, 0.15) is 0 Å². The normalized spacial score (nSPS) is 10.5. The molecule has 0 unspecified atom stereocenters. The number of methoxy groups -OCH3 is 1. The Morgan fingerprint density at radius 3 is 2.80 bits per heavy atom. The second-order valence-electron chi connectivity index (χ2n) is 4.39. The smallest absolute Gasteiger partial charge is 0.250 e. The lowest BCUT2D eigenvalue weighted by atomic mass is 10.2. The maximum Gasteiger partial charge on any atom is 0.250 e. The van der Waals surface area contributed by atoms with Gasteiger partial charge in [0.05, 0.1) is 12.3 Å². The van der Waals surface area contributed by atoms with Crippen molar-refractivity contribution in [2.75, 3.05) is 19.0 Å².